The minimum Gasteiger partial charge on any atom is -0.290 e. The summed E-state index contributed by atoms with van der Waals surface area (Å²) < 4.78 is 0. The number of carbonyl (C=O) groups excluding carboxylic acids is 2. The van der Waals surface area contributed by atoms with Gasteiger partial charge in [-0.1, -0.05) is 84.3 Å². The molecule has 0 saturated heterocycles. The van der Waals surface area contributed by atoms with Gasteiger partial charge in [-0.15, -0.1) is 0 Å². The van der Waals surface area contributed by atoms with E-state index in [0.29, 0.717) is 23.1 Å². The molecule has 0 N–H and O–H groups in total. The highest BCUT2D eigenvalue weighted by Crippen LogP contribution is 2.24. The standard InChI is InChI=1S/C28H46O2/c1-20(2)11-8-12-21(3)13-9-14-22(4)15-10-16-23(5)17-18-26-25(7)27(29)19-24(6)28(26)30/h17,19-22H,8-16,18H2,1-7H3. The maximum absolute atomic E-state index is 12.3. The van der Waals surface area contributed by atoms with E-state index >= 15 is 0 Å². The molecule has 0 amide bonds. The van der Waals surface area contributed by atoms with Crippen LogP contribution in [0.5, 0.6) is 0 Å². The predicted octanol–water partition coefficient (Wildman–Crippen LogP) is 8.18. The lowest BCUT2D eigenvalue weighted by molar-refractivity contribution is -0.115. The molecule has 1 aliphatic carbocycles. The summed E-state index contributed by atoms with van der Waals surface area (Å²) in [5.41, 5.74) is 3.18. The Morgan fingerprint density at radius 3 is 1.97 bits per heavy atom. The van der Waals surface area contributed by atoms with Crippen molar-refractivity contribution in [2.75, 3.05) is 0 Å². The lowest BCUT2D eigenvalue weighted by Gasteiger charge is -2.15. The zero-order valence-electron chi connectivity index (χ0n) is 20.8. The van der Waals surface area contributed by atoms with E-state index in [1.54, 1.807) is 13.8 Å². The van der Waals surface area contributed by atoms with Crippen LogP contribution in [0, 0.1) is 17.8 Å². The van der Waals surface area contributed by atoms with Crippen molar-refractivity contribution in [1.29, 1.82) is 0 Å². The Kier molecular flexibility index (Phi) is 12.2. The smallest absolute Gasteiger partial charge is 0.185 e. The molecule has 0 fully saturated rings. The fourth-order valence-corrected chi connectivity index (χ4v) is 4.26. The van der Waals surface area contributed by atoms with Crippen LogP contribution < -0.4 is 0 Å². The zero-order chi connectivity index (χ0) is 22.7. The highest BCUT2D eigenvalue weighted by atomic mass is 16.1. The van der Waals surface area contributed by atoms with Gasteiger partial charge in [0, 0.05) is 16.7 Å². The normalized spacial score (nSPS) is 17.6. The first-order valence-electron chi connectivity index (χ1n) is 12.2. The number of Topliss-reactive ketones (excluding diaryl/α,β-unsaturated/α-hetero) is 1. The maximum atomic E-state index is 12.3. The van der Waals surface area contributed by atoms with Gasteiger partial charge in [-0.05, 0) is 63.9 Å². The van der Waals surface area contributed by atoms with E-state index in [4.69, 9.17) is 0 Å². The molecule has 0 aliphatic heterocycles. The van der Waals surface area contributed by atoms with Gasteiger partial charge in [-0.25, -0.2) is 0 Å². The molecule has 1 aliphatic rings. The van der Waals surface area contributed by atoms with Crippen LogP contribution in [-0.4, -0.2) is 11.6 Å². The summed E-state index contributed by atoms with van der Waals surface area (Å²) in [5.74, 6) is 2.50. The van der Waals surface area contributed by atoms with Gasteiger partial charge in [0.1, 0.15) is 0 Å². The van der Waals surface area contributed by atoms with Crippen LogP contribution in [0.15, 0.2) is 34.4 Å². The highest BCUT2D eigenvalue weighted by molar-refractivity contribution is 6.22. The lowest BCUT2D eigenvalue weighted by Crippen LogP contribution is -2.16. The van der Waals surface area contributed by atoms with E-state index in [9.17, 15) is 9.59 Å². The molecule has 0 bridgehead atoms. The summed E-state index contributed by atoms with van der Waals surface area (Å²) in [6, 6.07) is 0. The Labute approximate surface area is 186 Å². The van der Waals surface area contributed by atoms with Crippen LogP contribution in [0.4, 0.5) is 0 Å². The van der Waals surface area contributed by atoms with Crippen molar-refractivity contribution >= 4 is 11.6 Å². The molecule has 30 heavy (non-hydrogen) atoms. The fourth-order valence-electron chi connectivity index (χ4n) is 4.26. The molecule has 0 aromatic carbocycles. The molecule has 0 radical (unpaired) electrons. The number of hydrogen-bond donors (Lipinski definition) is 0. The average Bonchev–Trinajstić information content (AvgIpc) is 2.66. The number of carbonyl (C=O) groups is 2. The van der Waals surface area contributed by atoms with Crippen molar-refractivity contribution in [1.82, 2.24) is 0 Å². The van der Waals surface area contributed by atoms with Crippen molar-refractivity contribution in [3.8, 4) is 0 Å². The lowest BCUT2D eigenvalue weighted by atomic mass is 9.88. The summed E-state index contributed by atoms with van der Waals surface area (Å²) in [6.07, 6.45) is 15.9. The molecule has 2 atom stereocenters. The highest BCUT2D eigenvalue weighted by Gasteiger charge is 2.22. The van der Waals surface area contributed by atoms with Crippen molar-refractivity contribution in [3.05, 3.63) is 34.4 Å². The van der Waals surface area contributed by atoms with E-state index in [1.807, 2.05) is 0 Å². The van der Waals surface area contributed by atoms with Gasteiger partial charge >= 0.3 is 0 Å². The minimum atomic E-state index is -0.0174. The average molecular weight is 415 g/mol. The van der Waals surface area contributed by atoms with E-state index in [1.165, 1.54) is 63.0 Å². The van der Waals surface area contributed by atoms with Crippen molar-refractivity contribution in [3.63, 3.8) is 0 Å². The van der Waals surface area contributed by atoms with Gasteiger partial charge in [0.25, 0.3) is 0 Å². The van der Waals surface area contributed by atoms with Crippen molar-refractivity contribution in [2.45, 2.75) is 113 Å². The largest absolute Gasteiger partial charge is 0.290 e. The van der Waals surface area contributed by atoms with Crippen LogP contribution in [0.3, 0.4) is 0 Å². The number of ketones is 2. The Balaban J connectivity index is 2.25. The van der Waals surface area contributed by atoms with E-state index in [2.05, 4.69) is 40.7 Å². The molecule has 0 aromatic heterocycles. The third-order valence-corrected chi connectivity index (χ3v) is 6.60. The quantitative estimate of drug-likeness (QED) is 0.212. The topological polar surface area (TPSA) is 34.1 Å². The van der Waals surface area contributed by atoms with Gasteiger partial charge in [0.2, 0.25) is 0 Å². The van der Waals surface area contributed by atoms with Crippen LogP contribution in [0.2, 0.25) is 0 Å². The van der Waals surface area contributed by atoms with E-state index in [-0.39, 0.29) is 11.6 Å². The number of hydrogen-bond acceptors (Lipinski definition) is 2. The van der Waals surface area contributed by atoms with Crippen molar-refractivity contribution < 1.29 is 9.59 Å². The summed E-state index contributed by atoms with van der Waals surface area (Å²) in [7, 11) is 0. The summed E-state index contributed by atoms with van der Waals surface area (Å²) in [4.78, 5) is 24.3. The molecule has 2 unspecified atom stereocenters. The molecule has 0 heterocycles. The Hall–Kier alpha value is -1.44. The third-order valence-electron chi connectivity index (χ3n) is 6.60. The van der Waals surface area contributed by atoms with E-state index < -0.39 is 0 Å². The van der Waals surface area contributed by atoms with Gasteiger partial charge in [0.15, 0.2) is 11.6 Å². The molecule has 170 valence electrons. The molecule has 2 heteroatoms. The van der Waals surface area contributed by atoms with Gasteiger partial charge in [-0.3, -0.25) is 9.59 Å². The molecular weight excluding hydrogens is 368 g/mol. The maximum Gasteiger partial charge on any atom is 0.185 e. The Bertz CT molecular complexity index is 660. The van der Waals surface area contributed by atoms with Gasteiger partial charge in [-0.2, -0.15) is 0 Å². The zero-order valence-corrected chi connectivity index (χ0v) is 20.8. The monoisotopic (exact) mass is 414 g/mol. The second-order valence-electron chi connectivity index (χ2n) is 10.2. The SMILES string of the molecule is CC(=CCC1=C(C)C(=O)C=C(C)C1=O)CCCC(C)CCCC(C)CCCC(C)C. The first-order valence-corrected chi connectivity index (χ1v) is 12.2. The third kappa shape index (κ3) is 10.0. The summed E-state index contributed by atoms with van der Waals surface area (Å²) >= 11 is 0. The van der Waals surface area contributed by atoms with Crippen LogP contribution in [0.25, 0.3) is 0 Å². The second-order valence-corrected chi connectivity index (χ2v) is 10.2. The molecule has 1 rings (SSSR count). The first-order chi connectivity index (χ1) is 14.1. The van der Waals surface area contributed by atoms with Gasteiger partial charge in [0.05, 0.1) is 0 Å². The molecule has 0 aromatic rings. The summed E-state index contributed by atoms with van der Waals surface area (Å²) in [5, 5.41) is 0. The Morgan fingerprint density at radius 1 is 0.867 bits per heavy atom. The minimum absolute atomic E-state index is 0.0174. The molecular formula is C28H46O2. The van der Waals surface area contributed by atoms with Crippen LogP contribution in [0.1, 0.15) is 113 Å². The van der Waals surface area contributed by atoms with Crippen LogP contribution >= 0.6 is 0 Å². The van der Waals surface area contributed by atoms with E-state index in [0.717, 1.165) is 24.2 Å². The Morgan fingerprint density at radius 2 is 1.40 bits per heavy atom. The van der Waals surface area contributed by atoms with Crippen LogP contribution in [-0.2, 0) is 9.59 Å². The van der Waals surface area contributed by atoms with Gasteiger partial charge < -0.3 is 0 Å². The predicted molar refractivity (Wildman–Crippen MR) is 130 cm³/mol. The van der Waals surface area contributed by atoms with Crippen molar-refractivity contribution in [2.24, 2.45) is 17.8 Å². The molecule has 2 nitrogen and oxygen atoms in total. The summed E-state index contributed by atoms with van der Waals surface area (Å²) in [6.45, 7) is 15.1. The first kappa shape index (κ1) is 26.6. The second kappa shape index (κ2) is 13.8. The molecule has 0 spiro atoms. The number of allylic oxidation sites excluding steroid dienone is 6. The number of rotatable bonds is 14. The fraction of sp³-hybridized carbons (Fsp3) is 0.714. The molecule has 0 saturated carbocycles.